The number of rotatable bonds is 4. The minimum atomic E-state index is -2.77. The molecule has 0 aliphatic rings. The van der Waals surface area contributed by atoms with Crippen molar-refractivity contribution in [1.82, 2.24) is 0 Å². The maximum Gasteiger partial charge on any atom is 0.364 e. The third-order valence-corrected chi connectivity index (χ3v) is 1.34. The normalized spacial score (nSPS) is 14.0. The summed E-state index contributed by atoms with van der Waals surface area (Å²) in [7, 11) is -2.77. The molecule has 0 amide bonds. The molecule has 1 N–H and O–H groups in total. The fourth-order valence-electron chi connectivity index (χ4n) is 0.237. The molecule has 5 heteroatoms. The summed E-state index contributed by atoms with van der Waals surface area (Å²) < 4.78 is 14.1. The molecule has 0 aromatic heterocycles. The van der Waals surface area contributed by atoms with Crippen LogP contribution >= 0.6 is 24.2 Å². The van der Waals surface area contributed by atoms with Crippen LogP contribution in [0.3, 0.4) is 0 Å². The fourth-order valence-corrected chi connectivity index (χ4v) is 0.714. The lowest BCUT2D eigenvalue weighted by molar-refractivity contribution is 0.377. The van der Waals surface area contributed by atoms with Gasteiger partial charge in [-0.25, -0.2) is 4.57 Å². The second-order valence-electron chi connectivity index (χ2n) is 1.23. The minimum absolute atomic E-state index is 0.801. The molecule has 0 aromatic rings. The molecule has 1 unspecified atom stereocenters. The smallest absolute Gasteiger partial charge is 0.364 e. The highest BCUT2D eigenvalue weighted by Gasteiger charge is 1.81. The first-order valence-corrected chi connectivity index (χ1v) is 4.76. The van der Waals surface area contributed by atoms with Crippen LogP contribution in [-0.4, -0.2) is 10.2 Å². The van der Waals surface area contributed by atoms with Crippen molar-refractivity contribution in [2.24, 2.45) is 0 Å². The minimum Gasteiger partial charge on any atom is -0.435 e. The molecule has 0 spiro atoms. The Morgan fingerprint density at radius 1 is 1.78 bits per heavy atom. The van der Waals surface area contributed by atoms with Crippen LogP contribution in [0.1, 0.15) is 6.42 Å². The van der Waals surface area contributed by atoms with E-state index in [0.29, 0.717) is 0 Å². The molecule has 0 rings (SSSR count). The summed E-state index contributed by atoms with van der Waals surface area (Å²) in [6, 6.07) is 0. The van der Waals surface area contributed by atoms with Crippen LogP contribution < -0.4 is 0 Å². The van der Waals surface area contributed by atoms with Gasteiger partial charge < -0.3 is 9.42 Å². The van der Waals surface area contributed by atoms with Gasteiger partial charge in [-0.3, -0.25) is 0 Å². The molecule has 0 aliphatic carbocycles. The van der Waals surface area contributed by atoms with Crippen molar-refractivity contribution in [2.45, 2.75) is 6.42 Å². The van der Waals surface area contributed by atoms with Crippen molar-refractivity contribution in [2.75, 3.05) is 5.33 Å². The molecule has 1 atom stereocenters. The van der Waals surface area contributed by atoms with Crippen molar-refractivity contribution >= 4 is 24.2 Å². The van der Waals surface area contributed by atoms with Gasteiger partial charge in [0, 0.05) is 5.33 Å². The molecule has 54 valence electrons. The first kappa shape index (κ1) is 9.21. The predicted octanol–water partition coefficient (Wildman–Crippen LogP) is 1.68. The Labute approximate surface area is 62.8 Å². The highest BCUT2D eigenvalue weighted by atomic mass is 79.9. The van der Waals surface area contributed by atoms with Gasteiger partial charge >= 0.3 is 8.25 Å². The van der Waals surface area contributed by atoms with Crippen molar-refractivity contribution in [3.8, 4) is 0 Å². The van der Waals surface area contributed by atoms with E-state index in [1.165, 1.54) is 6.26 Å². The summed E-state index contributed by atoms with van der Waals surface area (Å²) in [6.45, 7) is 0. The first-order valence-electron chi connectivity index (χ1n) is 2.38. The number of hydrogen-bond donors (Lipinski definition) is 1. The molecule has 3 nitrogen and oxygen atoms in total. The SMILES string of the molecule is O=[PH](O)OC=CCCBr. The van der Waals surface area contributed by atoms with Crippen LogP contribution in [0, 0.1) is 0 Å². The zero-order chi connectivity index (χ0) is 7.11. The summed E-state index contributed by atoms with van der Waals surface area (Å²) in [5.74, 6) is 0. The van der Waals surface area contributed by atoms with Crippen molar-refractivity contribution in [3.05, 3.63) is 12.3 Å². The Balaban J connectivity index is 3.14. The van der Waals surface area contributed by atoms with Gasteiger partial charge in [0.25, 0.3) is 0 Å². The highest BCUT2D eigenvalue weighted by Crippen LogP contribution is 2.14. The van der Waals surface area contributed by atoms with E-state index < -0.39 is 8.25 Å². The van der Waals surface area contributed by atoms with E-state index in [2.05, 4.69) is 20.5 Å². The molecule has 0 aliphatic heterocycles. The zero-order valence-electron chi connectivity index (χ0n) is 4.71. The lowest BCUT2D eigenvalue weighted by atomic mass is 10.5. The summed E-state index contributed by atoms with van der Waals surface area (Å²) in [4.78, 5) is 8.11. The van der Waals surface area contributed by atoms with Gasteiger partial charge in [0.15, 0.2) is 0 Å². The van der Waals surface area contributed by atoms with Crippen molar-refractivity contribution in [3.63, 3.8) is 0 Å². The van der Waals surface area contributed by atoms with Crippen LogP contribution in [0.4, 0.5) is 0 Å². The van der Waals surface area contributed by atoms with E-state index in [0.717, 1.165) is 11.8 Å². The number of halogens is 1. The maximum atomic E-state index is 9.86. The summed E-state index contributed by atoms with van der Waals surface area (Å²) in [5, 5.41) is 0.833. The molecule has 0 bridgehead atoms. The molecule has 0 aromatic carbocycles. The molecule has 0 fully saturated rings. The van der Waals surface area contributed by atoms with Crippen LogP contribution in [-0.2, 0) is 9.09 Å². The number of allylic oxidation sites excluding steroid dienone is 1. The topological polar surface area (TPSA) is 46.5 Å². The second-order valence-corrected chi connectivity index (χ2v) is 2.79. The van der Waals surface area contributed by atoms with Gasteiger partial charge in [0.1, 0.15) is 0 Å². The largest absolute Gasteiger partial charge is 0.435 e. The van der Waals surface area contributed by atoms with Gasteiger partial charge in [-0.15, -0.1) is 0 Å². The van der Waals surface area contributed by atoms with Gasteiger partial charge in [0.05, 0.1) is 6.26 Å². The summed E-state index contributed by atoms with van der Waals surface area (Å²) in [6.07, 6.45) is 3.71. The van der Waals surface area contributed by atoms with Crippen LogP contribution in [0.25, 0.3) is 0 Å². The van der Waals surface area contributed by atoms with Gasteiger partial charge in [-0.2, -0.15) is 0 Å². The third kappa shape index (κ3) is 8.21. The van der Waals surface area contributed by atoms with Gasteiger partial charge in [-0.1, -0.05) is 15.9 Å². The summed E-state index contributed by atoms with van der Waals surface area (Å²) >= 11 is 3.18. The Bertz CT molecular complexity index is 114. The van der Waals surface area contributed by atoms with E-state index >= 15 is 0 Å². The number of hydrogen-bond acceptors (Lipinski definition) is 2. The molecule has 0 radical (unpaired) electrons. The average molecular weight is 215 g/mol. The van der Waals surface area contributed by atoms with E-state index in [1.54, 1.807) is 6.08 Å². The first-order chi connectivity index (χ1) is 4.27. The highest BCUT2D eigenvalue weighted by molar-refractivity contribution is 9.09. The van der Waals surface area contributed by atoms with E-state index in [-0.39, 0.29) is 0 Å². The third-order valence-electron chi connectivity index (χ3n) is 0.541. The van der Waals surface area contributed by atoms with Crippen LogP contribution in [0.15, 0.2) is 12.3 Å². The molecule has 0 heterocycles. The Hall–Kier alpha value is 0.210. The van der Waals surface area contributed by atoms with Crippen LogP contribution in [0.5, 0.6) is 0 Å². The molecule has 0 saturated carbocycles. The average Bonchev–Trinajstić information content (AvgIpc) is 1.80. The Morgan fingerprint density at radius 3 is 2.89 bits per heavy atom. The molecular weight excluding hydrogens is 207 g/mol. The second kappa shape index (κ2) is 6.33. The molecular formula is C4H8BrO3P. The summed E-state index contributed by atoms with van der Waals surface area (Å²) in [5.41, 5.74) is 0. The Kier molecular flexibility index (Phi) is 6.48. The molecule has 9 heavy (non-hydrogen) atoms. The van der Waals surface area contributed by atoms with Crippen LogP contribution in [0.2, 0.25) is 0 Å². The Morgan fingerprint density at radius 2 is 2.44 bits per heavy atom. The predicted molar refractivity (Wildman–Crippen MR) is 39.9 cm³/mol. The fraction of sp³-hybridized carbons (Fsp3) is 0.500. The van der Waals surface area contributed by atoms with E-state index in [4.69, 9.17) is 4.89 Å². The van der Waals surface area contributed by atoms with E-state index in [9.17, 15) is 4.57 Å². The lowest BCUT2D eigenvalue weighted by Gasteiger charge is -1.89. The zero-order valence-corrected chi connectivity index (χ0v) is 7.30. The number of alkyl halides is 1. The van der Waals surface area contributed by atoms with Crippen molar-refractivity contribution in [1.29, 1.82) is 0 Å². The molecule has 0 saturated heterocycles. The van der Waals surface area contributed by atoms with Gasteiger partial charge in [0.2, 0.25) is 0 Å². The monoisotopic (exact) mass is 214 g/mol. The quantitative estimate of drug-likeness (QED) is 0.440. The lowest BCUT2D eigenvalue weighted by Crippen LogP contribution is -1.67. The van der Waals surface area contributed by atoms with E-state index in [1.807, 2.05) is 0 Å². The standard InChI is InChI=1S/C4H8BrO3P/c5-3-1-2-4-8-9(6)7/h2,4,9H,1,3H2,(H,6,7). The maximum absolute atomic E-state index is 9.86. The van der Waals surface area contributed by atoms with Gasteiger partial charge in [-0.05, 0) is 12.5 Å². The van der Waals surface area contributed by atoms with Crippen molar-refractivity contribution < 1.29 is 14.0 Å².